The first-order valence-corrected chi connectivity index (χ1v) is 8.19. The largest absolute Gasteiger partial charge is 0.313 e. The van der Waals surface area contributed by atoms with Crippen LogP contribution < -0.4 is 5.32 Å². The summed E-state index contributed by atoms with van der Waals surface area (Å²) in [6.45, 7) is 8.13. The van der Waals surface area contributed by atoms with Gasteiger partial charge in [-0.3, -0.25) is 0 Å². The smallest absolute Gasteiger partial charge is 0.0329 e. The molecule has 1 aliphatic carbocycles. The first-order valence-electron chi connectivity index (χ1n) is 8.19. The summed E-state index contributed by atoms with van der Waals surface area (Å²) in [5.74, 6) is 0.974. The van der Waals surface area contributed by atoms with Crippen LogP contribution in [0.15, 0.2) is 24.3 Å². The SMILES string of the molecule is CCN(CCC(NC)c1ccc(C)cc1)CC1CCC1. The lowest BCUT2D eigenvalue weighted by Gasteiger charge is -2.32. The van der Waals surface area contributed by atoms with E-state index in [1.54, 1.807) is 0 Å². The summed E-state index contributed by atoms with van der Waals surface area (Å²) in [6.07, 6.45) is 5.54. The van der Waals surface area contributed by atoms with Crippen LogP contribution in [0, 0.1) is 12.8 Å². The van der Waals surface area contributed by atoms with Crippen molar-refractivity contribution in [2.75, 3.05) is 26.7 Å². The lowest BCUT2D eigenvalue weighted by molar-refractivity contribution is 0.178. The van der Waals surface area contributed by atoms with E-state index in [0.717, 1.165) is 5.92 Å². The molecule has 0 radical (unpaired) electrons. The standard InChI is InChI=1S/C18H30N2/c1-4-20(14-16-6-5-7-16)13-12-18(19-3)17-10-8-15(2)9-11-17/h8-11,16,18-19H,4-7,12-14H2,1-3H3. The van der Waals surface area contributed by atoms with E-state index < -0.39 is 0 Å². The van der Waals surface area contributed by atoms with Crippen LogP contribution in [0.4, 0.5) is 0 Å². The summed E-state index contributed by atoms with van der Waals surface area (Å²) in [5, 5.41) is 3.47. The molecule has 0 spiro atoms. The molecule has 0 bridgehead atoms. The van der Waals surface area contributed by atoms with Gasteiger partial charge in [-0.1, -0.05) is 43.2 Å². The Labute approximate surface area is 124 Å². The number of benzene rings is 1. The second kappa shape index (κ2) is 7.80. The van der Waals surface area contributed by atoms with E-state index in [-0.39, 0.29) is 0 Å². The highest BCUT2D eigenvalue weighted by Crippen LogP contribution is 2.27. The van der Waals surface area contributed by atoms with Gasteiger partial charge in [-0.25, -0.2) is 0 Å². The summed E-state index contributed by atoms with van der Waals surface area (Å²) in [5.41, 5.74) is 2.75. The minimum Gasteiger partial charge on any atom is -0.313 e. The van der Waals surface area contributed by atoms with Crippen molar-refractivity contribution < 1.29 is 0 Å². The summed E-state index contributed by atoms with van der Waals surface area (Å²) in [7, 11) is 2.08. The number of aryl methyl sites for hydroxylation is 1. The quantitative estimate of drug-likeness (QED) is 0.776. The normalized spacial score (nSPS) is 17.2. The molecular weight excluding hydrogens is 244 g/mol. The maximum Gasteiger partial charge on any atom is 0.0329 e. The lowest BCUT2D eigenvalue weighted by atomic mass is 9.85. The third-order valence-electron chi connectivity index (χ3n) is 4.75. The number of rotatable bonds is 8. The van der Waals surface area contributed by atoms with Gasteiger partial charge >= 0.3 is 0 Å². The van der Waals surface area contributed by atoms with Crippen molar-refractivity contribution in [3.8, 4) is 0 Å². The minimum atomic E-state index is 0.478. The topological polar surface area (TPSA) is 15.3 Å². The zero-order valence-corrected chi connectivity index (χ0v) is 13.4. The van der Waals surface area contributed by atoms with Gasteiger partial charge in [0.05, 0.1) is 0 Å². The molecule has 1 aliphatic rings. The van der Waals surface area contributed by atoms with Gasteiger partial charge in [-0.2, -0.15) is 0 Å². The molecule has 2 rings (SSSR count). The summed E-state index contributed by atoms with van der Waals surface area (Å²) < 4.78 is 0. The lowest BCUT2D eigenvalue weighted by Crippen LogP contribution is -2.34. The zero-order chi connectivity index (χ0) is 14.4. The Kier molecular flexibility index (Phi) is 6.06. The number of nitrogens with zero attached hydrogens (tertiary/aromatic N) is 1. The van der Waals surface area contributed by atoms with Gasteiger partial charge in [-0.15, -0.1) is 0 Å². The fraction of sp³-hybridized carbons (Fsp3) is 0.667. The second-order valence-corrected chi connectivity index (χ2v) is 6.23. The van der Waals surface area contributed by atoms with Crippen LogP contribution in [-0.4, -0.2) is 31.6 Å². The molecule has 1 aromatic carbocycles. The van der Waals surface area contributed by atoms with Crippen LogP contribution in [0.2, 0.25) is 0 Å². The average molecular weight is 274 g/mol. The molecule has 20 heavy (non-hydrogen) atoms. The van der Waals surface area contributed by atoms with E-state index in [4.69, 9.17) is 0 Å². The Morgan fingerprint density at radius 3 is 2.45 bits per heavy atom. The van der Waals surface area contributed by atoms with Crippen LogP contribution in [0.1, 0.15) is 49.8 Å². The van der Waals surface area contributed by atoms with E-state index in [1.807, 2.05) is 0 Å². The van der Waals surface area contributed by atoms with E-state index in [1.165, 1.54) is 56.4 Å². The molecule has 1 saturated carbocycles. The van der Waals surface area contributed by atoms with Crippen LogP contribution in [-0.2, 0) is 0 Å². The van der Waals surface area contributed by atoms with Crippen molar-refractivity contribution in [2.45, 2.75) is 45.6 Å². The summed E-state index contributed by atoms with van der Waals surface area (Å²) >= 11 is 0. The van der Waals surface area contributed by atoms with Crippen LogP contribution in [0.25, 0.3) is 0 Å². The van der Waals surface area contributed by atoms with Crippen molar-refractivity contribution in [3.05, 3.63) is 35.4 Å². The maximum absolute atomic E-state index is 3.47. The fourth-order valence-electron chi connectivity index (χ4n) is 3.01. The first-order chi connectivity index (χ1) is 9.72. The van der Waals surface area contributed by atoms with Gasteiger partial charge in [-0.05, 0) is 57.8 Å². The molecule has 112 valence electrons. The van der Waals surface area contributed by atoms with Crippen molar-refractivity contribution in [2.24, 2.45) is 5.92 Å². The summed E-state index contributed by atoms with van der Waals surface area (Å²) in [6, 6.07) is 9.43. The highest BCUT2D eigenvalue weighted by molar-refractivity contribution is 5.24. The molecule has 0 heterocycles. The number of nitrogens with one attached hydrogen (secondary N) is 1. The maximum atomic E-state index is 3.47. The molecule has 1 unspecified atom stereocenters. The Morgan fingerprint density at radius 1 is 1.25 bits per heavy atom. The van der Waals surface area contributed by atoms with Crippen molar-refractivity contribution in [1.82, 2.24) is 10.2 Å². The van der Waals surface area contributed by atoms with Crippen molar-refractivity contribution in [1.29, 1.82) is 0 Å². The average Bonchev–Trinajstić information content (AvgIpc) is 2.42. The molecule has 1 atom stereocenters. The summed E-state index contributed by atoms with van der Waals surface area (Å²) in [4.78, 5) is 2.63. The molecule has 0 aliphatic heterocycles. The van der Waals surface area contributed by atoms with Gasteiger partial charge in [0.25, 0.3) is 0 Å². The molecule has 0 saturated heterocycles. The van der Waals surface area contributed by atoms with Crippen LogP contribution >= 0.6 is 0 Å². The fourth-order valence-corrected chi connectivity index (χ4v) is 3.01. The van der Waals surface area contributed by atoms with E-state index in [9.17, 15) is 0 Å². The first kappa shape index (κ1) is 15.5. The van der Waals surface area contributed by atoms with Gasteiger partial charge in [0.2, 0.25) is 0 Å². The molecule has 2 heteroatoms. The van der Waals surface area contributed by atoms with Gasteiger partial charge < -0.3 is 10.2 Å². The molecule has 1 fully saturated rings. The minimum absolute atomic E-state index is 0.478. The highest BCUT2D eigenvalue weighted by Gasteiger charge is 2.20. The van der Waals surface area contributed by atoms with Crippen molar-refractivity contribution in [3.63, 3.8) is 0 Å². The predicted molar refractivity (Wildman–Crippen MR) is 87.1 cm³/mol. The zero-order valence-electron chi connectivity index (χ0n) is 13.4. The third kappa shape index (κ3) is 4.32. The van der Waals surface area contributed by atoms with E-state index in [2.05, 4.69) is 55.4 Å². The molecular formula is C18H30N2. The number of hydrogen-bond acceptors (Lipinski definition) is 2. The highest BCUT2D eigenvalue weighted by atomic mass is 15.1. The number of hydrogen-bond donors (Lipinski definition) is 1. The van der Waals surface area contributed by atoms with Gasteiger partial charge in [0, 0.05) is 12.6 Å². The van der Waals surface area contributed by atoms with Crippen molar-refractivity contribution >= 4 is 0 Å². The second-order valence-electron chi connectivity index (χ2n) is 6.23. The van der Waals surface area contributed by atoms with E-state index >= 15 is 0 Å². The Balaban J connectivity index is 1.83. The van der Waals surface area contributed by atoms with Gasteiger partial charge in [0.15, 0.2) is 0 Å². The monoisotopic (exact) mass is 274 g/mol. The van der Waals surface area contributed by atoms with Crippen LogP contribution in [0.3, 0.4) is 0 Å². The predicted octanol–water partition coefficient (Wildman–Crippen LogP) is 3.77. The van der Waals surface area contributed by atoms with Crippen LogP contribution in [0.5, 0.6) is 0 Å². The molecule has 1 N–H and O–H groups in total. The molecule has 0 amide bonds. The Morgan fingerprint density at radius 2 is 1.95 bits per heavy atom. The van der Waals surface area contributed by atoms with Gasteiger partial charge in [0.1, 0.15) is 0 Å². The third-order valence-corrected chi connectivity index (χ3v) is 4.75. The Hall–Kier alpha value is -0.860. The molecule has 0 aromatic heterocycles. The molecule has 1 aromatic rings. The Bertz CT molecular complexity index is 381. The van der Waals surface area contributed by atoms with E-state index in [0.29, 0.717) is 6.04 Å². The molecule has 2 nitrogen and oxygen atoms in total.